The van der Waals surface area contributed by atoms with E-state index in [2.05, 4.69) is 0 Å². The zero-order chi connectivity index (χ0) is 27.0. The summed E-state index contributed by atoms with van der Waals surface area (Å²) in [5.41, 5.74) is 1.77. The Bertz CT molecular complexity index is 1640. The van der Waals surface area contributed by atoms with Gasteiger partial charge in [-0.05, 0) is 55.3 Å². The molecule has 1 atom stereocenters. The first-order chi connectivity index (χ1) is 18.3. The summed E-state index contributed by atoms with van der Waals surface area (Å²) in [6.07, 6.45) is 1.65. The highest BCUT2D eigenvalue weighted by Gasteiger charge is 2.44. The minimum Gasteiger partial charge on any atom is -0.462 e. The summed E-state index contributed by atoms with van der Waals surface area (Å²) in [6, 6.07) is 16.2. The van der Waals surface area contributed by atoms with E-state index in [0.29, 0.717) is 28.8 Å². The number of benzene rings is 3. The Balaban J connectivity index is 1.65. The topological polar surface area (TPSA) is 120 Å². The Kier molecular flexibility index (Phi) is 6.50. The second-order valence-electron chi connectivity index (χ2n) is 9.14. The van der Waals surface area contributed by atoms with E-state index >= 15 is 0 Å². The molecular formula is C29H24N2O7. The maximum absolute atomic E-state index is 13.7. The standard InChI is InChI=1S/C29H24N2O7/c1-3-4-14-37-29(34)18-9-11-20(12-10-18)30-25(19-6-5-7-21(16-19)31(35)36)24-26(32)22-15-17(2)8-13-23(22)38-27(24)28(30)33/h5-13,15-16,25H,3-4,14H2,1-2H3. The third-order valence-electron chi connectivity index (χ3n) is 6.53. The van der Waals surface area contributed by atoms with Crippen molar-refractivity contribution >= 4 is 34.2 Å². The largest absolute Gasteiger partial charge is 0.462 e. The first-order valence-corrected chi connectivity index (χ1v) is 12.2. The number of nitro benzene ring substituents is 1. The van der Waals surface area contributed by atoms with E-state index in [1.165, 1.54) is 23.1 Å². The lowest BCUT2D eigenvalue weighted by atomic mass is 9.97. The fraction of sp³-hybridized carbons (Fsp3) is 0.207. The van der Waals surface area contributed by atoms with E-state index in [0.717, 1.165) is 18.4 Å². The van der Waals surface area contributed by atoms with Gasteiger partial charge in [0, 0.05) is 17.8 Å². The number of carbonyl (C=O) groups excluding carboxylic acids is 2. The van der Waals surface area contributed by atoms with Crippen LogP contribution in [-0.2, 0) is 4.74 Å². The molecule has 4 aromatic rings. The van der Waals surface area contributed by atoms with Crippen LogP contribution in [0, 0.1) is 17.0 Å². The minimum atomic E-state index is -0.971. The third-order valence-corrected chi connectivity index (χ3v) is 6.53. The highest BCUT2D eigenvalue weighted by Crippen LogP contribution is 2.42. The number of fused-ring (bicyclic) bond motifs is 2. The lowest BCUT2D eigenvalue weighted by molar-refractivity contribution is -0.384. The Morgan fingerprint density at radius 1 is 1.08 bits per heavy atom. The van der Waals surface area contributed by atoms with Crippen LogP contribution in [-0.4, -0.2) is 23.4 Å². The van der Waals surface area contributed by atoms with E-state index in [4.69, 9.17) is 9.15 Å². The van der Waals surface area contributed by atoms with Crippen molar-refractivity contribution in [1.29, 1.82) is 0 Å². The van der Waals surface area contributed by atoms with Gasteiger partial charge < -0.3 is 9.15 Å². The third kappa shape index (κ3) is 4.32. The maximum Gasteiger partial charge on any atom is 0.338 e. The molecule has 38 heavy (non-hydrogen) atoms. The molecule has 2 heterocycles. The van der Waals surface area contributed by atoms with E-state index < -0.39 is 22.8 Å². The molecule has 0 aliphatic carbocycles. The average Bonchev–Trinajstić information content (AvgIpc) is 3.21. The molecule has 9 nitrogen and oxygen atoms in total. The molecule has 0 saturated heterocycles. The van der Waals surface area contributed by atoms with Gasteiger partial charge in [0.05, 0.1) is 34.1 Å². The van der Waals surface area contributed by atoms with Gasteiger partial charge in [-0.2, -0.15) is 0 Å². The van der Waals surface area contributed by atoms with Crippen molar-refractivity contribution in [3.05, 3.63) is 115 Å². The van der Waals surface area contributed by atoms with Crippen LogP contribution in [0.3, 0.4) is 0 Å². The molecule has 0 bridgehead atoms. The summed E-state index contributed by atoms with van der Waals surface area (Å²) < 4.78 is 11.2. The molecule has 0 fully saturated rings. The van der Waals surface area contributed by atoms with Gasteiger partial charge in [0.1, 0.15) is 5.58 Å². The minimum absolute atomic E-state index is 0.108. The predicted molar refractivity (Wildman–Crippen MR) is 141 cm³/mol. The summed E-state index contributed by atoms with van der Waals surface area (Å²) in [5, 5.41) is 11.8. The van der Waals surface area contributed by atoms with Gasteiger partial charge in [0.25, 0.3) is 11.6 Å². The van der Waals surface area contributed by atoms with Crippen LogP contribution in [0.15, 0.2) is 75.9 Å². The Labute approximate surface area is 217 Å². The monoisotopic (exact) mass is 512 g/mol. The van der Waals surface area contributed by atoms with Crippen molar-refractivity contribution in [1.82, 2.24) is 0 Å². The first kappa shape index (κ1) is 24.9. The zero-order valence-corrected chi connectivity index (χ0v) is 20.8. The second kappa shape index (κ2) is 9.93. The fourth-order valence-corrected chi connectivity index (χ4v) is 4.63. The normalized spacial score (nSPS) is 14.5. The lowest BCUT2D eigenvalue weighted by Crippen LogP contribution is -2.29. The van der Waals surface area contributed by atoms with Crippen molar-refractivity contribution in [2.75, 3.05) is 11.5 Å². The molecule has 3 aromatic carbocycles. The number of ether oxygens (including phenoxy) is 1. The number of unbranched alkanes of at least 4 members (excludes halogenated alkanes) is 1. The molecule has 0 N–H and O–H groups in total. The molecule has 0 radical (unpaired) electrons. The van der Waals surface area contributed by atoms with E-state index in [1.54, 1.807) is 48.5 Å². The van der Waals surface area contributed by atoms with E-state index in [1.807, 2.05) is 13.8 Å². The molecule has 0 saturated carbocycles. The van der Waals surface area contributed by atoms with Gasteiger partial charge in [-0.25, -0.2) is 4.79 Å². The Morgan fingerprint density at radius 2 is 1.84 bits per heavy atom. The van der Waals surface area contributed by atoms with Crippen molar-refractivity contribution in [3.63, 3.8) is 0 Å². The van der Waals surface area contributed by atoms with Crippen molar-refractivity contribution < 1.29 is 23.7 Å². The van der Waals surface area contributed by atoms with Crippen molar-refractivity contribution in [2.45, 2.75) is 32.7 Å². The first-order valence-electron chi connectivity index (χ1n) is 12.2. The number of carbonyl (C=O) groups is 2. The van der Waals surface area contributed by atoms with Crippen LogP contribution in [0.2, 0.25) is 0 Å². The van der Waals surface area contributed by atoms with Crippen LogP contribution in [0.1, 0.15) is 63.4 Å². The van der Waals surface area contributed by atoms with Gasteiger partial charge in [0.15, 0.2) is 5.43 Å². The lowest BCUT2D eigenvalue weighted by Gasteiger charge is -2.25. The fourth-order valence-electron chi connectivity index (χ4n) is 4.63. The van der Waals surface area contributed by atoms with E-state index in [9.17, 15) is 24.5 Å². The molecule has 1 aromatic heterocycles. The molecule has 192 valence electrons. The van der Waals surface area contributed by atoms with Gasteiger partial charge in [-0.1, -0.05) is 37.1 Å². The molecule has 1 aliphatic rings. The van der Waals surface area contributed by atoms with Gasteiger partial charge >= 0.3 is 5.97 Å². The number of anilines is 1. The molecule has 1 aliphatic heterocycles. The van der Waals surface area contributed by atoms with Crippen molar-refractivity contribution in [3.8, 4) is 0 Å². The number of amides is 1. The number of aryl methyl sites for hydroxylation is 1. The van der Waals surface area contributed by atoms with Gasteiger partial charge in [0.2, 0.25) is 5.76 Å². The Morgan fingerprint density at radius 3 is 2.55 bits per heavy atom. The number of esters is 1. The molecule has 0 spiro atoms. The number of hydrogen-bond donors (Lipinski definition) is 0. The average molecular weight is 513 g/mol. The van der Waals surface area contributed by atoms with Crippen LogP contribution >= 0.6 is 0 Å². The van der Waals surface area contributed by atoms with Crippen LogP contribution in [0.4, 0.5) is 11.4 Å². The SMILES string of the molecule is CCCCOC(=O)c1ccc(N2C(=O)c3oc4ccc(C)cc4c(=O)c3C2c2cccc([N+](=O)[O-])c2)cc1. The summed E-state index contributed by atoms with van der Waals surface area (Å²) in [7, 11) is 0. The smallest absolute Gasteiger partial charge is 0.338 e. The molecule has 9 heteroatoms. The van der Waals surface area contributed by atoms with Gasteiger partial charge in [-0.3, -0.25) is 24.6 Å². The summed E-state index contributed by atoms with van der Waals surface area (Å²) in [6.45, 7) is 4.15. The number of hydrogen-bond acceptors (Lipinski definition) is 7. The number of nitrogens with zero attached hydrogens (tertiary/aromatic N) is 2. The predicted octanol–water partition coefficient (Wildman–Crippen LogP) is 5.72. The van der Waals surface area contributed by atoms with Gasteiger partial charge in [-0.15, -0.1) is 0 Å². The van der Waals surface area contributed by atoms with Crippen molar-refractivity contribution in [2.24, 2.45) is 0 Å². The highest BCUT2D eigenvalue weighted by atomic mass is 16.6. The summed E-state index contributed by atoms with van der Waals surface area (Å²) in [4.78, 5) is 52.2. The highest BCUT2D eigenvalue weighted by molar-refractivity contribution is 6.10. The summed E-state index contributed by atoms with van der Waals surface area (Å²) >= 11 is 0. The Hall–Kier alpha value is -4.79. The molecule has 1 unspecified atom stereocenters. The molecule has 1 amide bonds. The number of rotatable bonds is 7. The molecule has 5 rings (SSSR count). The number of non-ortho nitro benzene ring substituents is 1. The quantitative estimate of drug-likeness (QED) is 0.134. The summed E-state index contributed by atoms with van der Waals surface area (Å²) in [5.74, 6) is -1.16. The maximum atomic E-state index is 13.7. The van der Waals surface area contributed by atoms with E-state index in [-0.39, 0.29) is 28.0 Å². The molecular weight excluding hydrogens is 488 g/mol. The second-order valence-corrected chi connectivity index (χ2v) is 9.14. The number of nitro groups is 1. The zero-order valence-electron chi connectivity index (χ0n) is 20.8. The van der Waals surface area contributed by atoms with Crippen LogP contribution in [0.25, 0.3) is 11.0 Å². The van der Waals surface area contributed by atoms with Crippen LogP contribution in [0.5, 0.6) is 0 Å². The van der Waals surface area contributed by atoms with Crippen LogP contribution < -0.4 is 10.3 Å².